The number of carbonyl (C=O) groups is 2. The Balaban J connectivity index is 2.45. The highest BCUT2D eigenvalue weighted by Crippen LogP contribution is 2.32. The van der Waals surface area contributed by atoms with Crippen LogP contribution in [0.25, 0.3) is 0 Å². The molecule has 140 valence electrons. The Labute approximate surface area is 147 Å². The molecule has 0 aromatic heterocycles. The molecule has 1 aliphatic carbocycles. The zero-order chi connectivity index (χ0) is 18.2. The van der Waals surface area contributed by atoms with Gasteiger partial charge in [0.05, 0.1) is 18.4 Å². The van der Waals surface area contributed by atoms with Crippen molar-refractivity contribution in [1.29, 1.82) is 0 Å². The maximum absolute atomic E-state index is 12.4. The van der Waals surface area contributed by atoms with E-state index in [9.17, 15) is 9.59 Å². The van der Waals surface area contributed by atoms with Gasteiger partial charge in [0, 0.05) is 0 Å². The third kappa shape index (κ3) is 7.67. The minimum atomic E-state index is -0.474. The fourth-order valence-electron chi connectivity index (χ4n) is 3.22. The predicted molar refractivity (Wildman–Crippen MR) is 95.6 cm³/mol. The molecule has 0 heterocycles. The molecule has 4 heteroatoms. The van der Waals surface area contributed by atoms with Crippen molar-refractivity contribution in [3.05, 3.63) is 0 Å². The summed E-state index contributed by atoms with van der Waals surface area (Å²) in [5.41, 5.74) is -0.474. The fourth-order valence-corrected chi connectivity index (χ4v) is 3.22. The van der Waals surface area contributed by atoms with Crippen molar-refractivity contribution in [2.75, 3.05) is 6.61 Å². The van der Waals surface area contributed by atoms with E-state index in [0.717, 1.165) is 32.1 Å². The molecule has 1 aliphatic rings. The Morgan fingerprint density at radius 3 is 2.25 bits per heavy atom. The van der Waals surface area contributed by atoms with Crippen LogP contribution in [0, 0.1) is 17.8 Å². The zero-order valence-electron chi connectivity index (χ0n) is 16.2. The standard InChI is InChI=1S/C20H36O4/c1-6-8-10-15(7-2)14-23-18(21)16-11-9-12-17(13-16)19(22)24-20(3,4)5/h15-17H,6-14H2,1-5H3. The second-order valence-electron chi connectivity index (χ2n) is 8.14. The molecule has 1 saturated carbocycles. The average Bonchev–Trinajstić information content (AvgIpc) is 2.53. The molecule has 0 aromatic carbocycles. The average molecular weight is 341 g/mol. The first-order valence-corrected chi connectivity index (χ1v) is 9.66. The largest absolute Gasteiger partial charge is 0.465 e. The highest BCUT2D eigenvalue weighted by Gasteiger charge is 2.34. The monoisotopic (exact) mass is 340 g/mol. The summed E-state index contributed by atoms with van der Waals surface area (Å²) in [5.74, 6) is -0.163. The van der Waals surface area contributed by atoms with Crippen LogP contribution in [-0.4, -0.2) is 24.1 Å². The summed E-state index contributed by atoms with van der Waals surface area (Å²) in [5, 5.41) is 0. The predicted octanol–water partition coefficient (Wildman–Crippen LogP) is 4.89. The Bertz CT molecular complexity index is 397. The van der Waals surface area contributed by atoms with Gasteiger partial charge in [-0.25, -0.2) is 0 Å². The van der Waals surface area contributed by atoms with Crippen LogP contribution in [0.1, 0.15) is 86.0 Å². The first-order chi connectivity index (χ1) is 11.3. The van der Waals surface area contributed by atoms with E-state index >= 15 is 0 Å². The lowest BCUT2D eigenvalue weighted by Crippen LogP contribution is -2.34. The van der Waals surface area contributed by atoms with Crippen molar-refractivity contribution in [1.82, 2.24) is 0 Å². The number of ether oxygens (including phenoxy) is 2. The lowest BCUT2D eigenvalue weighted by Gasteiger charge is -2.29. The van der Waals surface area contributed by atoms with E-state index in [2.05, 4.69) is 13.8 Å². The first kappa shape index (κ1) is 21.0. The molecule has 0 N–H and O–H groups in total. The maximum Gasteiger partial charge on any atom is 0.309 e. The highest BCUT2D eigenvalue weighted by atomic mass is 16.6. The molecule has 4 nitrogen and oxygen atoms in total. The van der Waals surface area contributed by atoms with Gasteiger partial charge in [-0.3, -0.25) is 9.59 Å². The Morgan fingerprint density at radius 1 is 1.08 bits per heavy atom. The molecule has 0 aromatic rings. The van der Waals surface area contributed by atoms with Crippen LogP contribution in [0.3, 0.4) is 0 Å². The molecule has 24 heavy (non-hydrogen) atoms. The summed E-state index contributed by atoms with van der Waals surface area (Å²) in [6.45, 7) is 10.5. The molecule has 1 fully saturated rings. The second-order valence-corrected chi connectivity index (χ2v) is 8.14. The van der Waals surface area contributed by atoms with E-state index in [-0.39, 0.29) is 23.8 Å². The molecular weight excluding hydrogens is 304 g/mol. The van der Waals surface area contributed by atoms with E-state index < -0.39 is 5.60 Å². The smallest absolute Gasteiger partial charge is 0.309 e. The van der Waals surface area contributed by atoms with Crippen molar-refractivity contribution in [3.63, 3.8) is 0 Å². The SMILES string of the molecule is CCCCC(CC)COC(=O)C1CCCC(C(=O)OC(C)(C)C)C1. The van der Waals surface area contributed by atoms with Gasteiger partial charge in [-0.1, -0.05) is 39.5 Å². The summed E-state index contributed by atoms with van der Waals surface area (Å²) < 4.78 is 11.0. The lowest BCUT2D eigenvalue weighted by atomic mass is 9.81. The third-order valence-corrected chi connectivity index (χ3v) is 4.75. The highest BCUT2D eigenvalue weighted by molar-refractivity contribution is 5.76. The molecular formula is C20H36O4. The van der Waals surface area contributed by atoms with E-state index in [1.54, 1.807) is 0 Å². The fraction of sp³-hybridized carbons (Fsp3) is 0.900. The summed E-state index contributed by atoms with van der Waals surface area (Å²) in [6.07, 6.45) is 7.60. The van der Waals surface area contributed by atoms with Crippen molar-refractivity contribution < 1.29 is 19.1 Å². The normalized spacial score (nSPS) is 22.7. The van der Waals surface area contributed by atoms with Gasteiger partial charge in [0.1, 0.15) is 5.60 Å². The van der Waals surface area contributed by atoms with Gasteiger partial charge >= 0.3 is 11.9 Å². The van der Waals surface area contributed by atoms with Crippen LogP contribution < -0.4 is 0 Å². The summed E-state index contributed by atoms with van der Waals surface area (Å²) in [7, 11) is 0. The molecule has 3 unspecified atom stereocenters. The van der Waals surface area contributed by atoms with Crippen molar-refractivity contribution in [3.8, 4) is 0 Å². The van der Waals surface area contributed by atoms with Crippen LogP contribution in [0.5, 0.6) is 0 Å². The molecule has 0 bridgehead atoms. The number of hydrogen-bond donors (Lipinski definition) is 0. The molecule has 0 saturated heterocycles. The van der Waals surface area contributed by atoms with Crippen LogP contribution in [0.15, 0.2) is 0 Å². The van der Waals surface area contributed by atoms with E-state index in [0.29, 0.717) is 18.9 Å². The number of esters is 2. The summed E-state index contributed by atoms with van der Waals surface area (Å²) >= 11 is 0. The van der Waals surface area contributed by atoms with Crippen LogP contribution >= 0.6 is 0 Å². The van der Waals surface area contributed by atoms with E-state index in [1.165, 1.54) is 12.8 Å². The zero-order valence-corrected chi connectivity index (χ0v) is 16.2. The molecule has 0 aliphatic heterocycles. The van der Waals surface area contributed by atoms with Gasteiger partial charge in [-0.2, -0.15) is 0 Å². The summed E-state index contributed by atoms with van der Waals surface area (Å²) in [4.78, 5) is 24.6. The molecule has 0 amide bonds. The topological polar surface area (TPSA) is 52.6 Å². The van der Waals surface area contributed by atoms with Crippen LogP contribution in [-0.2, 0) is 19.1 Å². The quantitative estimate of drug-likeness (QED) is 0.590. The Morgan fingerprint density at radius 2 is 1.71 bits per heavy atom. The van der Waals surface area contributed by atoms with Gasteiger partial charge in [-0.05, 0) is 52.4 Å². The number of carbonyl (C=O) groups excluding carboxylic acids is 2. The minimum absolute atomic E-state index is 0.127. The number of hydrogen-bond acceptors (Lipinski definition) is 4. The second kappa shape index (κ2) is 10.0. The lowest BCUT2D eigenvalue weighted by molar-refractivity contribution is -0.163. The van der Waals surface area contributed by atoms with Crippen molar-refractivity contribution >= 4 is 11.9 Å². The van der Waals surface area contributed by atoms with Crippen LogP contribution in [0.2, 0.25) is 0 Å². The Hall–Kier alpha value is -1.06. The summed E-state index contributed by atoms with van der Waals surface area (Å²) in [6, 6.07) is 0. The Kier molecular flexibility index (Phi) is 8.79. The van der Waals surface area contributed by atoms with Crippen molar-refractivity contribution in [2.24, 2.45) is 17.8 Å². The molecule has 0 radical (unpaired) electrons. The van der Waals surface area contributed by atoms with Crippen LogP contribution in [0.4, 0.5) is 0 Å². The number of unbranched alkanes of at least 4 members (excludes halogenated alkanes) is 1. The van der Waals surface area contributed by atoms with Gasteiger partial charge in [0.25, 0.3) is 0 Å². The van der Waals surface area contributed by atoms with Gasteiger partial charge < -0.3 is 9.47 Å². The first-order valence-electron chi connectivity index (χ1n) is 9.66. The van der Waals surface area contributed by atoms with Gasteiger partial charge in [0.2, 0.25) is 0 Å². The van der Waals surface area contributed by atoms with E-state index in [1.807, 2.05) is 20.8 Å². The van der Waals surface area contributed by atoms with Crippen molar-refractivity contribution in [2.45, 2.75) is 91.6 Å². The molecule has 3 atom stereocenters. The number of rotatable bonds is 8. The van der Waals surface area contributed by atoms with Gasteiger partial charge in [-0.15, -0.1) is 0 Å². The third-order valence-electron chi connectivity index (χ3n) is 4.75. The molecule has 0 spiro atoms. The molecule has 1 rings (SSSR count). The van der Waals surface area contributed by atoms with E-state index in [4.69, 9.17) is 9.47 Å². The minimum Gasteiger partial charge on any atom is -0.465 e. The maximum atomic E-state index is 12.4. The van der Waals surface area contributed by atoms with Gasteiger partial charge in [0.15, 0.2) is 0 Å².